The second-order valence-electron chi connectivity index (χ2n) is 13.2. The third kappa shape index (κ3) is 5.68. The molecular formula is C32H53ClO2. The van der Waals surface area contributed by atoms with Crippen LogP contribution in [-0.4, -0.2) is 17.5 Å². The van der Waals surface area contributed by atoms with E-state index < -0.39 is 5.38 Å². The molecule has 0 aromatic carbocycles. The first kappa shape index (κ1) is 27.5. The van der Waals surface area contributed by atoms with Crippen molar-refractivity contribution in [2.75, 3.05) is 0 Å². The van der Waals surface area contributed by atoms with E-state index >= 15 is 0 Å². The van der Waals surface area contributed by atoms with E-state index in [0.29, 0.717) is 17.3 Å². The van der Waals surface area contributed by atoms with Crippen molar-refractivity contribution in [2.24, 2.45) is 34.5 Å². The first-order valence-corrected chi connectivity index (χ1v) is 15.8. The maximum Gasteiger partial charge on any atom is 0.324 e. The van der Waals surface area contributed by atoms with Gasteiger partial charge in [0, 0.05) is 6.42 Å². The molecule has 4 aliphatic carbocycles. The number of carbonyl (C=O) groups excluding carboxylic acids is 1. The number of alkyl halides is 1. The van der Waals surface area contributed by atoms with E-state index in [9.17, 15) is 4.79 Å². The molecule has 200 valence electrons. The zero-order valence-electron chi connectivity index (χ0n) is 23.3. The Hall–Kier alpha value is -0.500. The van der Waals surface area contributed by atoms with Gasteiger partial charge in [0.05, 0.1) is 0 Å². The van der Waals surface area contributed by atoms with Gasteiger partial charge in [0.1, 0.15) is 11.5 Å². The number of unbranched alkanes of at least 4 members (excludes halogenated alkanes) is 5. The summed E-state index contributed by atoms with van der Waals surface area (Å²) in [6, 6.07) is 0. The van der Waals surface area contributed by atoms with Crippen LogP contribution in [0.5, 0.6) is 0 Å². The second-order valence-corrected chi connectivity index (χ2v) is 13.7. The molecule has 0 bridgehead atoms. The van der Waals surface area contributed by atoms with Gasteiger partial charge in [-0.05, 0) is 92.3 Å². The minimum atomic E-state index is -0.485. The summed E-state index contributed by atoms with van der Waals surface area (Å²) in [5.74, 6) is 3.37. The fourth-order valence-corrected chi connectivity index (χ4v) is 9.36. The van der Waals surface area contributed by atoms with Crippen LogP contribution >= 0.6 is 11.6 Å². The highest BCUT2D eigenvalue weighted by Crippen LogP contribution is 2.66. The van der Waals surface area contributed by atoms with E-state index in [4.69, 9.17) is 16.3 Å². The van der Waals surface area contributed by atoms with Crippen molar-refractivity contribution >= 4 is 17.6 Å². The highest BCUT2D eigenvalue weighted by Gasteiger charge is 2.58. The summed E-state index contributed by atoms with van der Waals surface area (Å²) in [5.41, 5.74) is 2.48. The number of allylic oxidation sites excluding steroid dienone is 1. The van der Waals surface area contributed by atoms with Gasteiger partial charge in [0.2, 0.25) is 0 Å². The van der Waals surface area contributed by atoms with Crippen LogP contribution in [0.1, 0.15) is 137 Å². The van der Waals surface area contributed by atoms with Gasteiger partial charge >= 0.3 is 5.97 Å². The number of esters is 1. The minimum absolute atomic E-state index is 0.0264. The summed E-state index contributed by atoms with van der Waals surface area (Å²) in [5, 5.41) is -0.485. The van der Waals surface area contributed by atoms with E-state index in [0.717, 1.165) is 42.9 Å². The van der Waals surface area contributed by atoms with E-state index in [1.807, 2.05) is 0 Å². The lowest BCUT2D eigenvalue weighted by atomic mass is 9.47. The van der Waals surface area contributed by atoms with Gasteiger partial charge in [-0.25, -0.2) is 0 Å². The van der Waals surface area contributed by atoms with Gasteiger partial charge in [-0.15, -0.1) is 11.6 Å². The predicted molar refractivity (Wildman–Crippen MR) is 148 cm³/mol. The highest BCUT2D eigenvalue weighted by molar-refractivity contribution is 6.29. The van der Waals surface area contributed by atoms with Crippen LogP contribution in [-0.2, 0) is 9.53 Å². The second kappa shape index (κ2) is 11.9. The van der Waals surface area contributed by atoms with Crippen molar-refractivity contribution in [3.05, 3.63) is 11.6 Å². The molecule has 5 unspecified atom stereocenters. The van der Waals surface area contributed by atoms with Gasteiger partial charge < -0.3 is 4.74 Å². The van der Waals surface area contributed by atoms with Crippen molar-refractivity contribution in [3.8, 4) is 0 Å². The average molecular weight is 505 g/mol. The molecule has 0 N–H and O–H groups in total. The Morgan fingerprint density at radius 2 is 1.77 bits per heavy atom. The summed E-state index contributed by atoms with van der Waals surface area (Å²) in [6.45, 7) is 9.61. The normalized spacial score (nSPS) is 39.2. The SMILES string of the molecule is CCCCCCCCC1CCC2C3CC=C4C[C@@H](OC(=O)C(Cl)CCC)CC[C@]4(C)C3CC[C@]12C. The molecule has 2 nitrogen and oxygen atoms in total. The molecule has 8 atom stereocenters. The Morgan fingerprint density at radius 1 is 1.00 bits per heavy atom. The van der Waals surface area contributed by atoms with E-state index in [-0.39, 0.29) is 12.1 Å². The van der Waals surface area contributed by atoms with Crippen molar-refractivity contribution in [1.29, 1.82) is 0 Å². The van der Waals surface area contributed by atoms with Gasteiger partial charge in [-0.3, -0.25) is 4.79 Å². The summed E-state index contributed by atoms with van der Waals surface area (Å²) < 4.78 is 5.89. The Kier molecular flexibility index (Phi) is 9.37. The lowest BCUT2D eigenvalue weighted by molar-refractivity contribution is -0.151. The molecule has 0 saturated heterocycles. The number of halogens is 1. The summed E-state index contributed by atoms with van der Waals surface area (Å²) in [6.07, 6.45) is 24.4. The Morgan fingerprint density at radius 3 is 2.54 bits per heavy atom. The first-order chi connectivity index (χ1) is 16.8. The molecule has 3 heteroatoms. The molecule has 0 spiro atoms. The maximum atomic E-state index is 12.4. The highest BCUT2D eigenvalue weighted by atomic mass is 35.5. The molecule has 4 aliphatic rings. The lowest BCUT2D eigenvalue weighted by Crippen LogP contribution is -2.50. The van der Waals surface area contributed by atoms with Crippen molar-refractivity contribution < 1.29 is 9.53 Å². The van der Waals surface area contributed by atoms with E-state index in [2.05, 4.69) is 33.8 Å². The van der Waals surface area contributed by atoms with Gasteiger partial charge in [-0.1, -0.05) is 84.3 Å². The zero-order valence-corrected chi connectivity index (χ0v) is 24.0. The molecular weight excluding hydrogens is 452 g/mol. The molecule has 3 saturated carbocycles. The van der Waals surface area contributed by atoms with Crippen LogP contribution < -0.4 is 0 Å². The molecule has 0 aliphatic heterocycles. The summed E-state index contributed by atoms with van der Waals surface area (Å²) >= 11 is 6.25. The van der Waals surface area contributed by atoms with Gasteiger partial charge in [-0.2, -0.15) is 0 Å². The molecule has 0 radical (unpaired) electrons. The third-order valence-electron chi connectivity index (χ3n) is 11.2. The van der Waals surface area contributed by atoms with Gasteiger partial charge in [0.15, 0.2) is 0 Å². The quantitative estimate of drug-likeness (QED) is 0.121. The smallest absolute Gasteiger partial charge is 0.324 e. The molecule has 3 fully saturated rings. The number of hydrogen-bond acceptors (Lipinski definition) is 2. The molecule has 0 aromatic heterocycles. The fraction of sp³-hybridized carbons (Fsp3) is 0.906. The maximum absolute atomic E-state index is 12.4. The van der Waals surface area contributed by atoms with Crippen LogP contribution in [0.2, 0.25) is 0 Å². The Bertz CT molecular complexity index is 746. The first-order valence-electron chi connectivity index (χ1n) is 15.4. The Balaban J connectivity index is 1.36. The predicted octanol–water partition coefficient (Wildman–Crippen LogP) is 9.64. The molecule has 4 rings (SSSR count). The standard InChI is InChI=1S/C32H53ClO2/c1-5-7-8-9-10-11-13-23-15-17-27-26-16-14-24-22-25(35-30(34)29(33)12-6-2)18-20-32(24,4)28(26)19-21-31(23,27)3/h14,23,25-29H,5-13,15-22H2,1-4H3/t23?,25-,26?,27?,28?,29?,31+,32-/m0/s1. The van der Waals surface area contributed by atoms with Crippen LogP contribution in [0.15, 0.2) is 11.6 Å². The Labute approximate surface area is 221 Å². The number of hydrogen-bond donors (Lipinski definition) is 0. The van der Waals surface area contributed by atoms with Gasteiger partial charge in [0.25, 0.3) is 0 Å². The molecule has 0 heterocycles. The average Bonchev–Trinajstić information content (AvgIpc) is 3.18. The van der Waals surface area contributed by atoms with E-state index in [1.54, 1.807) is 5.57 Å². The van der Waals surface area contributed by atoms with Crippen molar-refractivity contribution in [2.45, 2.75) is 148 Å². The van der Waals surface area contributed by atoms with E-state index in [1.165, 1.54) is 83.5 Å². The summed E-state index contributed by atoms with van der Waals surface area (Å²) in [7, 11) is 0. The van der Waals surface area contributed by atoms with Crippen molar-refractivity contribution in [3.63, 3.8) is 0 Å². The fourth-order valence-electron chi connectivity index (χ4n) is 9.09. The van der Waals surface area contributed by atoms with Crippen LogP contribution in [0.25, 0.3) is 0 Å². The van der Waals surface area contributed by atoms with Crippen LogP contribution in [0.3, 0.4) is 0 Å². The number of carbonyl (C=O) groups is 1. The number of ether oxygens (including phenoxy) is 1. The van der Waals surface area contributed by atoms with Crippen LogP contribution in [0.4, 0.5) is 0 Å². The molecule has 0 aromatic rings. The number of fused-ring (bicyclic) bond motifs is 5. The largest absolute Gasteiger partial charge is 0.461 e. The van der Waals surface area contributed by atoms with Crippen LogP contribution in [0, 0.1) is 34.5 Å². The molecule has 35 heavy (non-hydrogen) atoms. The monoisotopic (exact) mass is 504 g/mol. The zero-order chi connectivity index (χ0) is 25.1. The topological polar surface area (TPSA) is 26.3 Å². The van der Waals surface area contributed by atoms with Crippen molar-refractivity contribution in [1.82, 2.24) is 0 Å². The third-order valence-corrected chi connectivity index (χ3v) is 11.6. The minimum Gasteiger partial charge on any atom is -0.461 e. The lowest BCUT2D eigenvalue weighted by Gasteiger charge is -2.58. The number of rotatable bonds is 11. The summed E-state index contributed by atoms with van der Waals surface area (Å²) in [4.78, 5) is 12.4. The molecule has 0 amide bonds.